The lowest BCUT2D eigenvalue weighted by atomic mass is 10.1. The quantitative estimate of drug-likeness (QED) is 0.791. The molecule has 1 amide bonds. The molecule has 23 heavy (non-hydrogen) atoms. The average Bonchev–Trinajstić information content (AvgIpc) is 3.21. The molecule has 124 valence electrons. The van der Waals surface area contributed by atoms with Gasteiger partial charge in [0, 0.05) is 59.0 Å². The fourth-order valence-corrected chi connectivity index (χ4v) is 2.82. The number of carbonyl (C=O) groups is 1. The second kappa shape index (κ2) is 6.93. The molecule has 0 aliphatic carbocycles. The molecule has 8 heteroatoms. The molecule has 1 saturated heterocycles. The van der Waals surface area contributed by atoms with E-state index in [-0.39, 0.29) is 11.9 Å². The second-order valence-corrected chi connectivity index (χ2v) is 5.94. The fraction of sp³-hybridized carbons (Fsp3) is 0.533. The summed E-state index contributed by atoms with van der Waals surface area (Å²) in [4.78, 5) is 18.6. The predicted octanol–water partition coefficient (Wildman–Crippen LogP) is 0.437. The van der Waals surface area contributed by atoms with Crippen LogP contribution >= 0.6 is 0 Å². The van der Waals surface area contributed by atoms with Crippen LogP contribution in [0, 0.1) is 0 Å². The minimum atomic E-state index is -0.206. The van der Waals surface area contributed by atoms with Crippen molar-refractivity contribution in [3.05, 3.63) is 36.0 Å². The molecule has 8 nitrogen and oxygen atoms in total. The van der Waals surface area contributed by atoms with Crippen LogP contribution in [0.4, 0.5) is 0 Å². The lowest BCUT2D eigenvalue weighted by Gasteiger charge is -2.40. The molecule has 3 heterocycles. The molecule has 1 fully saturated rings. The highest BCUT2D eigenvalue weighted by molar-refractivity contribution is 5.81. The van der Waals surface area contributed by atoms with Gasteiger partial charge in [-0.2, -0.15) is 0 Å². The van der Waals surface area contributed by atoms with Gasteiger partial charge in [-0.15, -0.1) is 0 Å². The maximum atomic E-state index is 12.6. The first kappa shape index (κ1) is 15.7. The number of hydrogen-bond acceptors (Lipinski definition) is 7. The zero-order valence-electron chi connectivity index (χ0n) is 13.4. The van der Waals surface area contributed by atoms with E-state index in [4.69, 9.17) is 9.05 Å². The third-order valence-electron chi connectivity index (χ3n) is 4.03. The fourth-order valence-electron chi connectivity index (χ4n) is 2.82. The zero-order valence-corrected chi connectivity index (χ0v) is 13.4. The van der Waals surface area contributed by atoms with Crippen molar-refractivity contribution in [3.8, 4) is 0 Å². The van der Waals surface area contributed by atoms with E-state index >= 15 is 0 Å². The van der Waals surface area contributed by atoms with Crippen LogP contribution in [0.2, 0.25) is 0 Å². The van der Waals surface area contributed by atoms with Gasteiger partial charge in [0.15, 0.2) is 0 Å². The summed E-state index contributed by atoms with van der Waals surface area (Å²) in [6.07, 6.45) is 3.12. The monoisotopic (exact) mass is 319 g/mol. The Hall–Kier alpha value is -2.19. The maximum absolute atomic E-state index is 12.6. The van der Waals surface area contributed by atoms with Gasteiger partial charge in [-0.3, -0.25) is 14.6 Å². The van der Waals surface area contributed by atoms with Crippen molar-refractivity contribution in [2.24, 2.45) is 0 Å². The first-order chi connectivity index (χ1) is 11.1. The molecule has 0 saturated carbocycles. The summed E-state index contributed by atoms with van der Waals surface area (Å²) in [6.45, 7) is 3.60. The van der Waals surface area contributed by atoms with Crippen molar-refractivity contribution in [3.63, 3.8) is 0 Å². The highest BCUT2D eigenvalue weighted by atomic mass is 16.5. The number of amides is 1. The number of aromatic nitrogens is 2. The van der Waals surface area contributed by atoms with Crippen molar-refractivity contribution in [2.45, 2.75) is 19.1 Å². The summed E-state index contributed by atoms with van der Waals surface area (Å²) in [6, 6.07) is 3.48. The summed E-state index contributed by atoms with van der Waals surface area (Å²) in [5, 5.41) is 7.90. The van der Waals surface area contributed by atoms with E-state index in [0.29, 0.717) is 19.6 Å². The van der Waals surface area contributed by atoms with Crippen LogP contribution in [0.3, 0.4) is 0 Å². The van der Waals surface area contributed by atoms with Gasteiger partial charge < -0.3 is 13.9 Å². The summed E-state index contributed by atoms with van der Waals surface area (Å²) in [7, 11) is 3.57. The summed E-state index contributed by atoms with van der Waals surface area (Å²) < 4.78 is 9.77. The Balaban J connectivity index is 1.69. The van der Waals surface area contributed by atoms with Gasteiger partial charge in [0.25, 0.3) is 0 Å². The number of hydrogen-bond donors (Lipinski definition) is 0. The zero-order chi connectivity index (χ0) is 16.2. The Morgan fingerprint density at radius 1 is 1.17 bits per heavy atom. The van der Waals surface area contributed by atoms with Crippen molar-refractivity contribution >= 4 is 5.91 Å². The molecule has 2 aromatic heterocycles. The normalized spacial score (nSPS) is 19.8. The molecule has 1 atom stereocenters. The van der Waals surface area contributed by atoms with Crippen LogP contribution < -0.4 is 0 Å². The average molecular weight is 319 g/mol. The number of nitrogens with zero attached hydrogens (tertiary/aromatic N) is 5. The molecule has 3 rings (SSSR count). The van der Waals surface area contributed by atoms with Crippen molar-refractivity contribution in [1.82, 2.24) is 25.0 Å². The third-order valence-corrected chi connectivity index (χ3v) is 4.03. The molecule has 1 aliphatic heterocycles. The Morgan fingerprint density at radius 3 is 2.39 bits per heavy atom. The molecule has 0 aromatic carbocycles. The Kier molecular flexibility index (Phi) is 4.73. The number of carbonyl (C=O) groups excluding carboxylic acids is 1. The van der Waals surface area contributed by atoms with Crippen molar-refractivity contribution in [1.29, 1.82) is 0 Å². The van der Waals surface area contributed by atoms with Crippen molar-refractivity contribution in [2.75, 3.05) is 33.7 Å². The Bertz CT molecular complexity index is 611. The van der Waals surface area contributed by atoms with Crippen molar-refractivity contribution < 1.29 is 13.8 Å². The highest BCUT2D eigenvalue weighted by Crippen LogP contribution is 2.16. The highest BCUT2D eigenvalue weighted by Gasteiger charge is 2.33. The molecular weight excluding hydrogens is 298 g/mol. The predicted molar refractivity (Wildman–Crippen MR) is 81.2 cm³/mol. The Labute approximate surface area is 134 Å². The van der Waals surface area contributed by atoms with E-state index in [1.807, 2.05) is 12.1 Å². The van der Waals surface area contributed by atoms with Gasteiger partial charge in [0.1, 0.15) is 18.6 Å². The number of piperazine rings is 1. The van der Waals surface area contributed by atoms with E-state index in [9.17, 15) is 4.79 Å². The van der Waals surface area contributed by atoms with E-state index in [1.54, 1.807) is 31.5 Å². The SMILES string of the molecule is CN(C)C(=O)C1CN(Cc2ccon2)CCN1Cc1ccon1. The number of likely N-dealkylation sites (N-methyl/N-ethyl adjacent to an activating group) is 1. The van der Waals surface area contributed by atoms with Gasteiger partial charge in [-0.25, -0.2) is 0 Å². The topological polar surface area (TPSA) is 78.9 Å². The van der Waals surface area contributed by atoms with Crippen LogP contribution in [0.15, 0.2) is 33.7 Å². The van der Waals surface area contributed by atoms with Gasteiger partial charge >= 0.3 is 0 Å². The minimum Gasteiger partial charge on any atom is -0.364 e. The lowest BCUT2D eigenvalue weighted by Crippen LogP contribution is -2.58. The van der Waals surface area contributed by atoms with Crippen LogP contribution in [0.5, 0.6) is 0 Å². The van der Waals surface area contributed by atoms with Gasteiger partial charge in [0.2, 0.25) is 5.91 Å². The van der Waals surface area contributed by atoms with E-state index in [1.165, 1.54) is 0 Å². The van der Waals surface area contributed by atoms with Gasteiger partial charge in [0.05, 0.1) is 11.4 Å². The van der Waals surface area contributed by atoms with E-state index in [2.05, 4.69) is 20.1 Å². The molecular formula is C15H21N5O3. The lowest BCUT2D eigenvalue weighted by molar-refractivity contribution is -0.137. The van der Waals surface area contributed by atoms with E-state index in [0.717, 1.165) is 24.5 Å². The van der Waals surface area contributed by atoms with Gasteiger partial charge in [-0.05, 0) is 0 Å². The van der Waals surface area contributed by atoms with E-state index < -0.39 is 0 Å². The summed E-state index contributed by atoms with van der Waals surface area (Å²) in [5.41, 5.74) is 1.72. The first-order valence-electron chi connectivity index (χ1n) is 7.59. The summed E-state index contributed by atoms with van der Waals surface area (Å²) >= 11 is 0. The van der Waals surface area contributed by atoms with Crippen LogP contribution in [0.1, 0.15) is 11.4 Å². The minimum absolute atomic E-state index is 0.0957. The molecule has 2 aromatic rings. The first-order valence-corrected chi connectivity index (χ1v) is 7.59. The molecule has 0 bridgehead atoms. The maximum Gasteiger partial charge on any atom is 0.240 e. The second-order valence-electron chi connectivity index (χ2n) is 5.94. The van der Waals surface area contributed by atoms with Crippen LogP contribution in [-0.2, 0) is 17.9 Å². The third kappa shape index (κ3) is 3.77. The van der Waals surface area contributed by atoms with Gasteiger partial charge in [-0.1, -0.05) is 10.3 Å². The molecule has 0 radical (unpaired) electrons. The Morgan fingerprint density at radius 2 is 1.83 bits per heavy atom. The standard InChI is InChI=1S/C15H21N5O3/c1-18(2)15(21)14-11-19(9-12-3-7-22-16-12)5-6-20(14)10-13-4-8-23-17-13/h3-4,7-8,14H,5-6,9-11H2,1-2H3. The largest absolute Gasteiger partial charge is 0.364 e. The smallest absolute Gasteiger partial charge is 0.240 e. The molecule has 0 spiro atoms. The van der Waals surface area contributed by atoms with Crippen LogP contribution in [-0.4, -0.2) is 70.7 Å². The van der Waals surface area contributed by atoms with Crippen LogP contribution in [0.25, 0.3) is 0 Å². The molecule has 1 unspecified atom stereocenters. The molecule has 0 N–H and O–H groups in total. The number of rotatable bonds is 5. The summed E-state index contributed by atoms with van der Waals surface area (Å²) in [5.74, 6) is 0.0957. The molecule has 1 aliphatic rings.